The number of aromatic nitrogens is 1. The number of benzene rings is 1. The average molecular weight is 228 g/mol. The van der Waals surface area contributed by atoms with Crippen molar-refractivity contribution in [1.29, 1.82) is 0 Å². The van der Waals surface area contributed by atoms with Gasteiger partial charge in [-0.2, -0.15) is 0 Å². The maximum absolute atomic E-state index is 5.73. The number of nitrogens with zero attached hydrogens (tertiary/aromatic N) is 1. The summed E-state index contributed by atoms with van der Waals surface area (Å²) in [5.74, 6) is 1.76. The highest BCUT2D eigenvalue weighted by molar-refractivity contribution is 5.35. The van der Waals surface area contributed by atoms with Crippen molar-refractivity contribution in [2.75, 3.05) is 12.4 Å². The largest absolute Gasteiger partial charge is 0.487 e. The Balaban J connectivity index is 2.05. The van der Waals surface area contributed by atoms with Crippen molar-refractivity contribution in [3.63, 3.8) is 0 Å². The Morgan fingerprint density at radius 1 is 1.12 bits per heavy atom. The first-order valence-corrected chi connectivity index (χ1v) is 5.61. The fourth-order valence-corrected chi connectivity index (χ4v) is 1.57. The maximum Gasteiger partial charge on any atom is 0.130 e. The number of para-hydroxylation sites is 1. The Labute approximate surface area is 101 Å². The molecule has 0 atom stereocenters. The lowest BCUT2D eigenvalue weighted by Gasteiger charge is -2.09. The molecule has 2 rings (SSSR count). The minimum Gasteiger partial charge on any atom is -0.487 e. The first-order valence-electron chi connectivity index (χ1n) is 5.61. The van der Waals surface area contributed by atoms with Gasteiger partial charge in [0.15, 0.2) is 0 Å². The number of aryl methyl sites for hydroxylation is 1. The van der Waals surface area contributed by atoms with Gasteiger partial charge in [0.25, 0.3) is 0 Å². The summed E-state index contributed by atoms with van der Waals surface area (Å²) >= 11 is 0. The Morgan fingerprint density at radius 3 is 2.71 bits per heavy atom. The summed E-state index contributed by atoms with van der Waals surface area (Å²) in [5, 5.41) is 3.01. The molecule has 88 valence electrons. The summed E-state index contributed by atoms with van der Waals surface area (Å²) in [6.45, 7) is 2.52. The normalized spacial score (nSPS) is 10.0. The van der Waals surface area contributed by atoms with Gasteiger partial charge in [0.1, 0.15) is 18.2 Å². The lowest BCUT2D eigenvalue weighted by atomic mass is 10.2. The summed E-state index contributed by atoms with van der Waals surface area (Å²) in [6, 6.07) is 13.8. The number of anilines is 1. The fourth-order valence-electron chi connectivity index (χ4n) is 1.57. The highest BCUT2D eigenvalue weighted by Crippen LogP contribution is 2.17. The van der Waals surface area contributed by atoms with Crippen LogP contribution in [0.5, 0.6) is 5.75 Å². The molecule has 17 heavy (non-hydrogen) atoms. The van der Waals surface area contributed by atoms with Gasteiger partial charge in [-0.1, -0.05) is 24.3 Å². The van der Waals surface area contributed by atoms with E-state index in [0.717, 1.165) is 22.8 Å². The molecule has 1 N–H and O–H groups in total. The summed E-state index contributed by atoms with van der Waals surface area (Å²) in [7, 11) is 1.86. The number of hydrogen-bond acceptors (Lipinski definition) is 3. The van der Waals surface area contributed by atoms with Crippen molar-refractivity contribution in [3.8, 4) is 5.75 Å². The van der Waals surface area contributed by atoms with Crippen molar-refractivity contribution in [2.45, 2.75) is 13.5 Å². The molecule has 0 spiro atoms. The molecule has 0 amide bonds. The Bertz CT molecular complexity index is 497. The smallest absolute Gasteiger partial charge is 0.130 e. The van der Waals surface area contributed by atoms with Crippen LogP contribution in [0.1, 0.15) is 11.3 Å². The Kier molecular flexibility index (Phi) is 3.60. The SMILES string of the molecule is CNc1cccc(COc2ccccc2C)n1. The molecule has 1 aromatic heterocycles. The monoisotopic (exact) mass is 228 g/mol. The van der Waals surface area contributed by atoms with Gasteiger partial charge in [-0.25, -0.2) is 4.98 Å². The number of hydrogen-bond donors (Lipinski definition) is 1. The molecule has 0 saturated carbocycles. The second kappa shape index (κ2) is 5.34. The minimum absolute atomic E-state index is 0.486. The molecule has 0 radical (unpaired) electrons. The van der Waals surface area contributed by atoms with E-state index in [1.165, 1.54) is 0 Å². The van der Waals surface area contributed by atoms with Crippen LogP contribution in [0.4, 0.5) is 5.82 Å². The molecule has 2 aromatic rings. The zero-order chi connectivity index (χ0) is 12.1. The summed E-state index contributed by atoms with van der Waals surface area (Å²) in [6.07, 6.45) is 0. The van der Waals surface area contributed by atoms with Crippen LogP contribution in [0.25, 0.3) is 0 Å². The Morgan fingerprint density at radius 2 is 1.94 bits per heavy atom. The van der Waals surface area contributed by atoms with Crippen LogP contribution in [-0.4, -0.2) is 12.0 Å². The van der Waals surface area contributed by atoms with Crippen LogP contribution in [0, 0.1) is 6.92 Å². The third-order valence-electron chi connectivity index (χ3n) is 2.53. The molecule has 0 aliphatic heterocycles. The molecular formula is C14H16N2O. The van der Waals surface area contributed by atoms with Gasteiger partial charge in [-0.15, -0.1) is 0 Å². The molecule has 0 aliphatic carbocycles. The van der Waals surface area contributed by atoms with Gasteiger partial charge in [0, 0.05) is 7.05 Å². The second-order valence-electron chi connectivity index (χ2n) is 3.82. The van der Waals surface area contributed by atoms with E-state index in [9.17, 15) is 0 Å². The van der Waals surface area contributed by atoms with E-state index < -0.39 is 0 Å². The van der Waals surface area contributed by atoms with E-state index in [0.29, 0.717) is 6.61 Å². The lowest BCUT2D eigenvalue weighted by molar-refractivity contribution is 0.299. The van der Waals surface area contributed by atoms with E-state index >= 15 is 0 Å². The minimum atomic E-state index is 0.486. The quantitative estimate of drug-likeness (QED) is 0.873. The molecule has 0 saturated heterocycles. The van der Waals surface area contributed by atoms with Crippen LogP contribution in [0.15, 0.2) is 42.5 Å². The van der Waals surface area contributed by atoms with Gasteiger partial charge in [-0.05, 0) is 30.7 Å². The molecule has 3 heteroatoms. The van der Waals surface area contributed by atoms with Gasteiger partial charge in [0.05, 0.1) is 5.69 Å². The first kappa shape index (κ1) is 11.5. The van der Waals surface area contributed by atoms with Crippen molar-refractivity contribution in [2.24, 2.45) is 0 Å². The molecular weight excluding hydrogens is 212 g/mol. The zero-order valence-electron chi connectivity index (χ0n) is 10.1. The summed E-state index contributed by atoms with van der Waals surface area (Å²) < 4.78 is 5.73. The topological polar surface area (TPSA) is 34.1 Å². The molecule has 3 nitrogen and oxygen atoms in total. The van der Waals surface area contributed by atoms with Gasteiger partial charge in [0.2, 0.25) is 0 Å². The van der Waals surface area contributed by atoms with E-state index in [-0.39, 0.29) is 0 Å². The maximum atomic E-state index is 5.73. The van der Waals surface area contributed by atoms with Crippen molar-refractivity contribution in [3.05, 3.63) is 53.7 Å². The molecule has 0 unspecified atom stereocenters. The number of pyridine rings is 1. The molecule has 1 aromatic carbocycles. The molecule has 1 heterocycles. The highest BCUT2D eigenvalue weighted by atomic mass is 16.5. The summed E-state index contributed by atoms with van der Waals surface area (Å²) in [4.78, 5) is 4.40. The van der Waals surface area contributed by atoms with Gasteiger partial charge >= 0.3 is 0 Å². The van der Waals surface area contributed by atoms with Crippen molar-refractivity contribution in [1.82, 2.24) is 4.98 Å². The van der Waals surface area contributed by atoms with Crippen LogP contribution >= 0.6 is 0 Å². The highest BCUT2D eigenvalue weighted by Gasteiger charge is 2.00. The second-order valence-corrected chi connectivity index (χ2v) is 3.82. The first-order chi connectivity index (χ1) is 8.29. The number of rotatable bonds is 4. The average Bonchev–Trinajstić information content (AvgIpc) is 2.38. The van der Waals surface area contributed by atoms with Crippen LogP contribution in [-0.2, 0) is 6.61 Å². The van der Waals surface area contributed by atoms with Crippen LogP contribution in [0.2, 0.25) is 0 Å². The Hall–Kier alpha value is -2.03. The standard InChI is InChI=1S/C14H16N2O/c1-11-6-3-4-8-13(11)17-10-12-7-5-9-14(15-2)16-12/h3-9H,10H2,1-2H3,(H,15,16). The zero-order valence-corrected chi connectivity index (χ0v) is 10.1. The third kappa shape index (κ3) is 2.97. The predicted octanol–water partition coefficient (Wildman–Crippen LogP) is 3.01. The van der Waals surface area contributed by atoms with Crippen molar-refractivity contribution >= 4 is 5.82 Å². The predicted molar refractivity (Wildman–Crippen MR) is 69.3 cm³/mol. The van der Waals surface area contributed by atoms with Crippen LogP contribution in [0.3, 0.4) is 0 Å². The third-order valence-corrected chi connectivity index (χ3v) is 2.53. The molecule has 0 bridgehead atoms. The van der Waals surface area contributed by atoms with E-state index in [2.05, 4.69) is 10.3 Å². The van der Waals surface area contributed by atoms with E-state index in [4.69, 9.17) is 4.74 Å². The van der Waals surface area contributed by atoms with Gasteiger partial charge < -0.3 is 10.1 Å². The van der Waals surface area contributed by atoms with E-state index in [1.54, 1.807) is 0 Å². The molecule has 0 aliphatic rings. The van der Waals surface area contributed by atoms with Gasteiger partial charge in [-0.3, -0.25) is 0 Å². The van der Waals surface area contributed by atoms with Crippen molar-refractivity contribution < 1.29 is 4.74 Å². The lowest BCUT2D eigenvalue weighted by Crippen LogP contribution is -2.01. The fraction of sp³-hybridized carbons (Fsp3) is 0.214. The molecule has 0 fully saturated rings. The number of nitrogens with one attached hydrogen (secondary N) is 1. The van der Waals surface area contributed by atoms with Crippen LogP contribution < -0.4 is 10.1 Å². The van der Waals surface area contributed by atoms with E-state index in [1.807, 2.05) is 56.4 Å². The summed E-state index contributed by atoms with van der Waals surface area (Å²) in [5.41, 5.74) is 2.05. The number of ether oxygens (including phenoxy) is 1.